The topological polar surface area (TPSA) is 29.3 Å². The van der Waals surface area contributed by atoms with Crippen molar-refractivity contribution in [3.63, 3.8) is 0 Å². The Morgan fingerprint density at radius 2 is 1.83 bits per heavy atom. The van der Waals surface area contributed by atoms with E-state index in [2.05, 4.69) is 66.8 Å². The molecule has 1 aromatic rings. The first-order valence-corrected chi connectivity index (χ1v) is 7.40. The summed E-state index contributed by atoms with van der Waals surface area (Å²) in [7, 11) is 2.15. The van der Waals surface area contributed by atoms with Gasteiger partial charge in [0, 0.05) is 29.3 Å². The fourth-order valence-corrected chi connectivity index (χ4v) is 2.67. The van der Waals surface area contributed by atoms with Gasteiger partial charge in [-0.05, 0) is 49.9 Å². The summed E-state index contributed by atoms with van der Waals surface area (Å²) < 4.78 is 1.09. The lowest BCUT2D eigenvalue weighted by Crippen LogP contribution is -2.31. The summed E-state index contributed by atoms with van der Waals surface area (Å²) >= 11 is 3.52. The van der Waals surface area contributed by atoms with Crippen molar-refractivity contribution in [2.45, 2.75) is 46.2 Å². The van der Waals surface area contributed by atoms with Crippen molar-refractivity contribution < 1.29 is 0 Å². The molecule has 0 bridgehead atoms. The molecule has 0 saturated carbocycles. The van der Waals surface area contributed by atoms with Crippen LogP contribution >= 0.6 is 15.9 Å². The molecule has 2 N–H and O–H groups in total. The summed E-state index contributed by atoms with van der Waals surface area (Å²) in [5.41, 5.74) is 8.51. The minimum absolute atomic E-state index is 0.0474. The fourth-order valence-electron chi connectivity index (χ4n) is 2.29. The van der Waals surface area contributed by atoms with Crippen molar-refractivity contribution in [1.29, 1.82) is 0 Å². The van der Waals surface area contributed by atoms with Gasteiger partial charge in [-0.1, -0.05) is 29.8 Å². The van der Waals surface area contributed by atoms with Crippen LogP contribution in [0.25, 0.3) is 0 Å². The summed E-state index contributed by atoms with van der Waals surface area (Å²) in [5, 5.41) is 0. The number of hydrogen-bond donors (Lipinski definition) is 1. The molecule has 0 aromatic heterocycles. The van der Waals surface area contributed by atoms with Crippen molar-refractivity contribution in [2.75, 3.05) is 11.9 Å². The van der Waals surface area contributed by atoms with E-state index in [4.69, 9.17) is 5.73 Å². The van der Waals surface area contributed by atoms with Gasteiger partial charge in [-0.2, -0.15) is 0 Å². The average molecular weight is 313 g/mol. The van der Waals surface area contributed by atoms with Gasteiger partial charge in [-0.25, -0.2) is 0 Å². The highest BCUT2D eigenvalue weighted by atomic mass is 79.9. The molecule has 0 heterocycles. The third-order valence-electron chi connectivity index (χ3n) is 3.33. The third-order valence-corrected chi connectivity index (χ3v) is 3.83. The summed E-state index contributed by atoms with van der Waals surface area (Å²) in [4.78, 5) is 2.34. The van der Waals surface area contributed by atoms with E-state index in [1.807, 2.05) is 6.92 Å². The molecule has 1 rings (SSSR count). The average Bonchev–Trinajstić information content (AvgIpc) is 2.26. The molecule has 102 valence electrons. The number of rotatable bonds is 5. The molecule has 0 radical (unpaired) electrons. The van der Waals surface area contributed by atoms with Crippen LogP contribution in [0.15, 0.2) is 22.7 Å². The summed E-state index contributed by atoms with van der Waals surface area (Å²) in [6, 6.07) is 6.92. The number of benzene rings is 1. The molecular formula is C15H25BrN2. The van der Waals surface area contributed by atoms with Gasteiger partial charge in [0.25, 0.3) is 0 Å². The summed E-state index contributed by atoms with van der Waals surface area (Å²) in [5.74, 6) is 0.705. The lowest BCUT2D eigenvalue weighted by Gasteiger charge is -2.31. The van der Waals surface area contributed by atoms with E-state index in [1.54, 1.807) is 0 Å². The van der Waals surface area contributed by atoms with E-state index < -0.39 is 0 Å². The molecule has 0 aliphatic rings. The minimum Gasteiger partial charge on any atom is -0.372 e. The largest absolute Gasteiger partial charge is 0.372 e. The normalized spacial score (nSPS) is 14.7. The molecule has 18 heavy (non-hydrogen) atoms. The van der Waals surface area contributed by atoms with Gasteiger partial charge in [-0.3, -0.25) is 0 Å². The minimum atomic E-state index is 0.0474. The first kappa shape index (κ1) is 15.5. The standard InChI is InChI=1S/C15H25BrN2/c1-10(2)8-11(3)18(5)15-7-6-13(16)9-14(15)12(4)17/h6-7,9-12H,8,17H2,1-5H3. The van der Waals surface area contributed by atoms with Crippen molar-refractivity contribution in [1.82, 2.24) is 0 Å². The Hall–Kier alpha value is -0.540. The second-order valence-electron chi connectivity index (χ2n) is 5.58. The molecule has 0 spiro atoms. The zero-order valence-electron chi connectivity index (χ0n) is 12.1. The SMILES string of the molecule is CC(C)CC(C)N(C)c1ccc(Br)cc1C(C)N. The van der Waals surface area contributed by atoms with Crippen LogP contribution in [0.1, 0.15) is 45.7 Å². The van der Waals surface area contributed by atoms with Gasteiger partial charge < -0.3 is 10.6 Å². The molecule has 0 aliphatic carbocycles. The lowest BCUT2D eigenvalue weighted by atomic mass is 10.0. The Morgan fingerprint density at radius 3 is 2.33 bits per heavy atom. The van der Waals surface area contributed by atoms with Crippen LogP contribution in [-0.2, 0) is 0 Å². The highest BCUT2D eigenvalue weighted by Crippen LogP contribution is 2.30. The predicted octanol–water partition coefficient (Wildman–Crippen LogP) is 4.34. The highest BCUT2D eigenvalue weighted by molar-refractivity contribution is 9.10. The summed E-state index contributed by atoms with van der Waals surface area (Å²) in [6.45, 7) is 8.83. The van der Waals surface area contributed by atoms with Crippen molar-refractivity contribution in [2.24, 2.45) is 11.7 Å². The Bertz CT molecular complexity index is 388. The van der Waals surface area contributed by atoms with Crippen molar-refractivity contribution in [3.05, 3.63) is 28.2 Å². The van der Waals surface area contributed by atoms with Crippen LogP contribution < -0.4 is 10.6 Å². The van der Waals surface area contributed by atoms with E-state index in [0.29, 0.717) is 12.0 Å². The molecule has 2 nitrogen and oxygen atoms in total. The second kappa shape index (κ2) is 6.58. The second-order valence-corrected chi connectivity index (χ2v) is 6.50. The van der Waals surface area contributed by atoms with Gasteiger partial charge in [0.2, 0.25) is 0 Å². The molecule has 2 atom stereocenters. The first-order chi connectivity index (χ1) is 8.32. The monoisotopic (exact) mass is 312 g/mol. The number of nitrogens with two attached hydrogens (primary N) is 1. The molecule has 0 saturated heterocycles. The van der Waals surface area contributed by atoms with Crippen molar-refractivity contribution in [3.8, 4) is 0 Å². The Kier molecular flexibility index (Phi) is 5.67. The maximum Gasteiger partial charge on any atom is 0.0415 e. The van der Waals surface area contributed by atoms with E-state index in [9.17, 15) is 0 Å². The third kappa shape index (κ3) is 3.99. The molecular weight excluding hydrogens is 288 g/mol. The van der Waals surface area contributed by atoms with Gasteiger partial charge >= 0.3 is 0 Å². The zero-order chi connectivity index (χ0) is 13.9. The number of nitrogens with zero attached hydrogens (tertiary/aromatic N) is 1. The molecule has 0 amide bonds. The van der Waals surface area contributed by atoms with Gasteiger partial charge in [-0.15, -0.1) is 0 Å². The van der Waals surface area contributed by atoms with Crippen LogP contribution in [0, 0.1) is 5.92 Å². The maximum atomic E-state index is 6.08. The summed E-state index contributed by atoms with van der Waals surface area (Å²) in [6.07, 6.45) is 1.19. The van der Waals surface area contributed by atoms with Gasteiger partial charge in [0.1, 0.15) is 0 Å². The lowest BCUT2D eigenvalue weighted by molar-refractivity contribution is 0.503. The number of anilines is 1. The molecule has 0 fully saturated rings. The zero-order valence-corrected chi connectivity index (χ0v) is 13.7. The number of hydrogen-bond acceptors (Lipinski definition) is 2. The first-order valence-electron chi connectivity index (χ1n) is 6.60. The van der Waals surface area contributed by atoms with Crippen LogP contribution in [0.3, 0.4) is 0 Å². The van der Waals surface area contributed by atoms with E-state index >= 15 is 0 Å². The van der Waals surface area contributed by atoms with Crippen molar-refractivity contribution >= 4 is 21.6 Å². The quantitative estimate of drug-likeness (QED) is 0.876. The molecule has 0 aliphatic heterocycles. The Labute approximate surface area is 120 Å². The fraction of sp³-hybridized carbons (Fsp3) is 0.600. The Morgan fingerprint density at radius 1 is 1.22 bits per heavy atom. The van der Waals surface area contributed by atoms with Crippen LogP contribution in [0.2, 0.25) is 0 Å². The van der Waals surface area contributed by atoms with Crippen LogP contribution in [0.4, 0.5) is 5.69 Å². The van der Waals surface area contributed by atoms with Crippen LogP contribution in [0.5, 0.6) is 0 Å². The number of halogens is 1. The smallest absolute Gasteiger partial charge is 0.0415 e. The highest BCUT2D eigenvalue weighted by Gasteiger charge is 2.16. The predicted molar refractivity (Wildman–Crippen MR) is 84.1 cm³/mol. The Balaban J connectivity index is 3.01. The molecule has 3 heteroatoms. The van der Waals surface area contributed by atoms with Gasteiger partial charge in [0.15, 0.2) is 0 Å². The van der Waals surface area contributed by atoms with Gasteiger partial charge in [0.05, 0.1) is 0 Å². The van der Waals surface area contributed by atoms with E-state index in [-0.39, 0.29) is 6.04 Å². The molecule has 1 aromatic carbocycles. The van der Waals surface area contributed by atoms with Crippen LogP contribution in [-0.4, -0.2) is 13.1 Å². The maximum absolute atomic E-state index is 6.08. The van der Waals surface area contributed by atoms with E-state index in [1.165, 1.54) is 17.7 Å². The van der Waals surface area contributed by atoms with E-state index in [0.717, 1.165) is 4.47 Å². The molecule has 2 unspecified atom stereocenters.